The summed E-state index contributed by atoms with van der Waals surface area (Å²) in [5.74, 6) is 0. The Bertz CT molecular complexity index is 472. The van der Waals surface area contributed by atoms with E-state index in [1.165, 1.54) is 43.6 Å². The fourth-order valence-electron chi connectivity index (χ4n) is 3.53. The van der Waals surface area contributed by atoms with Gasteiger partial charge < -0.3 is 4.90 Å². The Morgan fingerprint density at radius 3 is 2.84 bits per heavy atom. The first kappa shape index (κ1) is 12.7. The summed E-state index contributed by atoms with van der Waals surface area (Å²) < 4.78 is 0. The number of hydrogen-bond donors (Lipinski definition) is 0. The molecule has 19 heavy (non-hydrogen) atoms. The summed E-state index contributed by atoms with van der Waals surface area (Å²) in [7, 11) is 0. The number of carbonyl (C=O) groups is 1. The van der Waals surface area contributed by atoms with Crippen molar-refractivity contribution in [3.63, 3.8) is 0 Å². The van der Waals surface area contributed by atoms with Crippen LogP contribution < -0.4 is 4.90 Å². The average molecular weight is 258 g/mol. The number of carbonyl (C=O) groups excluding carboxylic acids is 1. The van der Waals surface area contributed by atoms with Crippen LogP contribution in [0.5, 0.6) is 0 Å². The molecule has 0 saturated carbocycles. The van der Waals surface area contributed by atoms with Gasteiger partial charge >= 0.3 is 0 Å². The summed E-state index contributed by atoms with van der Waals surface area (Å²) in [5.41, 5.74) is 3.30. The summed E-state index contributed by atoms with van der Waals surface area (Å²) in [6.45, 7) is 6.91. The molecular weight excluding hydrogens is 236 g/mol. The van der Waals surface area contributed by atoms with Crippen molar-refractivity contribution in [2.24, 2.45) is 0 Å². The van der Waals surface area contributed by atoms with Gasteiger partial charge in [0.25, 0.3) is 0 Å². The van der Waals surface area contributed by atoms with Gasteiger partial charge in [0, 0.05) is 36.9 Å². The number of fused-ring (bicyclic) bond motifs is 1. The zero-order chi connectivity index (χ0) is 13.2. The summed E-state index contributed by atoms with van der Waals surface area (Å²) in [6.07, 6.45) is 4.85. The van der Waals surface area contributed by atoms with Gasteiger partial charge in [0.2, 0.25) is 0 Å². The van der Waals surface area contributed by atoms with Crippen molar-refractivity contribution in [3.8, 4) is 0 Å². The van der Waals surface area contributed by atoms with E-state index in [1.807, 2.05) is 12.1 Å². The van der Waals surface area contributed by atoms with Crippen LogP contribution in [0.15, 0.2) is 18.2 Å². The molecule has 1 aromatic rings. The SMILES string of the molecule is Cc1cc(C=O)ccc1N1CCCN2CCCC2C1. The maximum absolute atomic E-state index is 10.8. The number of rotatable bonds is 2. The highest BCUT2D eigenvalue weighted by molar-refractivity contribution is 5.77. The number of anilines is 1. The van der Waals surface area contributed by atoms with Gasteiger partial charge in [0.05, 0.1) is 0 Å². The molecule has 3 nitrogen and oxygen atoms in total. The van der Waals surface area contributed by atoms with E-state index in [2.05, 4.69) is 22.8 Å². The lowest BCUT2D eigenvalue weighted by Crippen LogP contribution is -2.36. The quantitative estimate of drug-likeness (QED) is 0.761. The van der Waals surface area contributed by atoms with Gasteiger partial charge in [-0.25, -0.2) is 0 Å². The molecule has 3 heteroatoms. The van der Waals surface area contributed by atoms with Gasteiger partial charge in [-0.1, -0.05) is 0 Å². The first-order valence-corrected chi connectivity index (χ1v) is 7.33. The molecule has 0 radical (unpaired) electrons. The topological polar surface area (TPSA) is 23.6 Å². The molecule has 2 fully saturated rings. The van der Waals surface area contributed by atoms with Gasteiger partial charge in [-0.05, 0) is 56.5 Å². The third kappa shape index (κ3) is 2.52. The second-order valence-corrected chi connectivity index (χ2v) is 5.80. The molecule has 0 bridgehead atoms. The first-order valence-electron chi connectivity index (χ1n) is 7.33. The van der Waals surface area contributed by atoms with E-state index < -0.39 is 0 Å². The molecule has 1 aromatic carbocycles. The Balaban J connectivity index is 1.82. The van der Waals surface area contributed by atoms with Crippen molar-refractivity contribution in [3.05, 3.63) is 29.3 Å². The largest absolute Gasteiger partial charge is 0.370 e. The van der Waals surface area contributed by atoms with Crippen molar-refractivity contribution >= 4 is 12.0 Å². The highest BCUT2D eigenvalue weighted by atomic mass is 16.1. The predicted molar refractivity (Wildman–Crippen MR) is 78.0 cm³/mol. The fourth-order valence-corrected chi connectivity index (χ4v) is 3.53. The Hall–Kier alpha value is -1.35. The fraction of sp³-hybridized carbons (Fsp3) is 0.562. The van der Waals surface area contributed by atoms with Crippen LogP contribution in [0.1, 0.15) is 35.2 Å². The Morgan fingerprint density at radius 1 is 1.21 bits per heavy atom. The monoisotopic (exact) mass is 258 g/mol. The molecule has 1 unspecified atom stereocenters. The average Bonchev–Trinajstić information content (AvgIpc) is 2.76. The Labute approximate surface area is 115 Å². The molecule has 0 spiro atoms. The Kier molecular flexibility index (Phi) is 3.56. The van der Waals surface area contributed by atoms with Crippen molar-refractivity contribution in [1.82, 2.24) is 4.90 Å². The van der Waals surface area contributed by atoms with Gasteiger partial charge in [-0.15, -0.1) is 0 Å². The zero-order valence-electron chi connectivity index (χ0n) is 11.6. The first-order chi connectivity index (χ1) is 9.28. The summed E-state index contributed by atoms with van der Waals surface area (Å²) in [5, 5.41) is 0. The molecule has 1 atom stereocenters. The van der Waals surface area contributed by atoms with Crippen LogP contribution in [0.4, 0.5) is 5.69 Å². The van der Waals surface area contributed by atoms with Gasteiger partial charge in [-0.2, -0.15) is 0 Å². The van der Waals surface area contributed by atoms with Gasteiger partial charge in [0.1, 0.15) is 6.29 Å². The Morgan fingerprint density at radius 2 is 2.05 bits per heavy atom. The van der Waals surface area contributed by atoms with E-state index in [-0.39, 0.29) is 0 Å². The minimum absolute atomic E-state index is 0.729. The van der Waals surface area contributed by atoms with E-state index in [9.17, 15) is 4.79 Å². The van der Waals surface area contributed by atoms with Gasteiger partial charge in [-0.3, -0.25) is 9.69 Å². The molecule has 2 heterocycles. The molecule has 0 aliphatic carbocycles. The van der Waals surface area contributed by atoms with Crippen LogP contribution in [-0.4, -0.2) is 43.4 Å². The predicted octanol–water partition coefficient (Wildman–Crippen LogP) is 2.48. The summed E-state index contributed by atoms with van der Waals surface area (Å²) >= 11 is 0. The van der Waals surface area contributed by atoms with E-state index in [0.717, 1.165) is 31.0 Å². The van der Waals surface area contributed by atoms with Gasteiger partial charge in [0.15, 0.2) is 0 Å². The van der Waals surface area contributed by atoms with Crippen LogP contribution >= 0.6 is 0 Å². The van der Waals surface area contributed by atoms with Crippen molar-refractivity contribution < 1.29 is 4.79 Å². The van der Waals surface area contributed by atoms with Crippen LogP contribution in [0.2, 0.25) is 0 Å². The highest BCUT2D eigenvalue weighted by Gasteiger charge is 2.29. The third-order valence-electron chi connectivity index (χ3n) is 4.50. The van der Waals surface area contributed by atoms with Crippen molar-refractivity contribution in [2.75, 3.05) is 31.1 Å². The normalized spacial score (nSPS) is 24.1. The molecular formula is C16H22N2O. The van der Waals surface area contributed by atoms with E-state index in [4.69, 9.17) is 0 Å². The molecule has 102 valence electrons. The standard InChI is InChI=1S/C16H22N2O/c1-13-10-14(12-19)5-6-16(13)18-9-3-8-17-7-2-4-15(17)11-18/h5-6,10,12,15H,2-4,7-9,11H2,1H3. The lowest BCUT2D eigenvalue weighted by molar-refractivity contribution is 0.112. The second kappa shape index (κ2) is 5.33. The van der Waals surface area contributed by atoms with Crippen LogP contribution in [0.3, 0.4) is 0 Å². The van der Waals surface area contributed by atoms with Crippen molar-refractivity contribution in [1.29, 1.82) is 0 Å². The van der Waals surface area contributed by atoms with E-state index in [0.29, 0.717) is 0 Å². The van der Waals surface area contributed by atoms with Crippen LogP contribution in [0, 0.1) is 6.92 Å². The molecule has 2 saturated heterocycles. The molecule has 0 aromatic heterocycles. The minimum Gasteiger partial charge on any atom is -0.370 e. The van der Waals surface area contributed by atoms with Crippen LogP contribution in [-0.2, 0) is 0 Å². The minimum atomic E-state index is 0.729. The van der Waals surface area contributed by atoms with Crippen molar-refractivity contribution in [2.45, 2.75) is 32.2 Å². The summed E-state index contributed by atoms with van der Waals surface area (Å²) in [6, 6.07) is 6.78. The third-order valence-corrected chi connectivity index (χ3v) is 4.50. The molecule has 2 aliphatic heterocycles. The maximum atomic E-state index is 10.8. The number of aldehydes is 1. The lowest BCUT2D eigenvalue weighted by Gasteiger charge is -2.28. The molecule has 0 N–H and O–H groups in total. The summed E-state index contributed by atoms with van der Waals surface area (Å²) in [4.78, 5) is 16.0. The van der Waals surface area contributed by atoms with E-state index in [1.54, 1.807) is 0 Å². The molecule has 2 aliphatic rings. The maximum Gasteiger partial charge on any atom is 0.150 e. The smallest absolute Gasteiger partial charge is 0.150 e. The lowest BCUT2D eigenvalue weighted by atomic mass is 10.1. The zero-order valence-corrected chi connectivity index (χ0v) is 11.6. The van der Waals surface area contributed by atoms with Crippen LogP contribution in [0.25, 0.3) is 0 Å². The molecule has 3 rings (SSSR count). The van der Waals surface area contributed by atoms with E-state index >= 15 is 0 Å². The number of aryl methyl sites for hydroxylation is 1. The molecule has 0 amide bonds. The number of nitrogens with zero attached hydrogens (tertiary/aromatic N) is 2. The number of hydrogen-bond acceptors (Lipinski definition) is 3. The second-order valence-electron chi connectivity index (χ2n) is 5.80. The highest BCUT2D eigenvalue weighted by Crippen LogP contribution is 2.27. The number of benzene rings is 1.